The molecular formula is C23H22FN3O4S. The van der Waals surface area contributed by atoms with E-state index in [4.69, 9.17) is 4.74 Å². The second-order valence-corrected chi connectivity index (χ2v) is 10.0. The van der Waals surface area contributed by atoms with E-state index in [0.29, 0.717) is 16.1 Å². The van der Waals surface area contributed by atoms with Crippen molar-refractivity contribution in [3.05, 3.63) is 59.4 Å². The van der Waals surface area contributed by atoms with Crippen molar-refractivity contribution in [2.45, 2.75) is 6.61 Å². The number of rotatable bonds is 4. The van der Waals surface area contributed by atoms with Crippen molar-refractivity contribution in [3.8, 4) is 17.6 Å². The maximum Gasteiger partial charge on any atom is 0.326 e. The molecule has 3 aliphatic rings. The SMILES string of the molecule is CN1C[C@@H]2C(C#Cc3ccc(OCc4ccccc4)c(N4CC(=O)NS4(=O)=O)c3F)[C@@H]2C1. The third-order valence-corrected chi connectivity index (χ3v) is 7.51. The van der Waals surface area contributed by atoms with Crippen LogP contribution in [-0.2, 0) is 21.6 Å². The first-order valence-corrected chi connectivity index (χ1v) is 11.8. The molecule has 1 N–H and O–H groups in total. The first kappa shape index (κ1) is 20.8. The molecule has 2 aromatic rings. The van der Waals surface area contributed by atoms with Crippen LogP contribution in [0.25, 0.3) is 0 Å². The molecule has 0 spiro atoms. The summed E-state index contributed by atoms with van der Waals surface area (Å²) < 4.78 is 48.8. The van der Waals surface area contributed by atoms with Gasteiger partial charge in [0.25, 0.3) is 5.91 Å². The number of nitrogens with zero attached hydrogens (tertiary/aromatic N) is 2. The van der Waals surface area contributed by atoms with Crippen LogP contribution >= 0.6 is 0 Å². The van der Waals surface area contributed by atoms with Gasteiger partial charge in [0.1, 0.15) is 24.6 Å². The quantitative estimate of drug-likeness (QED) is 0.711. The number of hydrogen-bond acceptors (Lipinski definition) is 5. The molecular weight excluding hydrogens is 433 g/mol. The summed E-state index contributed by atoms with van der Waals surface area (Å²) >= 11 is 0. The average molecular weight is 456 g/mol. The summed E-state index contributed by atoms with van der Waals surface area (Å²) in [7, 11) is -2.14. The van der Waals surface area contributed by atoms with Crippen LogP contribution < -0.4 is 13.8 Å². The molecule has 3 atom stereocenters. The number of nitrogens with one attached hydrogen (secondary N) is 1. The summed E-state index contributed by atoms with van der Waals surface area (Å²) in [5.41, 5.74) is 0.619. The van der Waals surface area contributed by atoms with Crippen LogP contribution in [0.15, 0.2) is 42.5 Å². The number of carbonyl (C=O) groups excluding carboxylic acids is 1. The van der Waals surface area contributed by atoms with E-state index < -0.39 is 28.5 Å². The second-order valence-electron chi connectivity index (χ2n) is 8.43. The van der Waals surface area contributed by atoms with Gasteiger partial charge in [-0.15, -0.1) is 0 Å². The molecule has 1 aliphatic carbocycles. The highest BCUT2D eigenvalue weighted by Gasteiger charge is 2.54. The van der Waals surface area contributed by atoms with Crippen molar-refractivity contribution >= 4 is 21.8 Å². The van der Waals surface area contributed by atoms with Crippen LogP contribution in [0.3, 0.4) is 0 Å². The van der Waals surface area contributed by atoms with Gasteiger partial charge in [0.15, 0.2) is 5.82 Å². The first-order chi connectivity index (χ1) is 15.3. The molecule has 2 aromatic carbocycles. The lowest BCUT2D eigenvalue weighted by Crippen LogP contribution is -2.30. The van der Waals surface area contributed by atoms with Crippen LogP contribution in [0, 0.1) is 35.4 Å². The van der Waals surface area contributed by atoms with E-state index in [0.717, 1.165) is 18.7 Å². The number of benzene rings is 2. The molecule has 9 heteroatoms. The van der Waals surface area contributed by atoms with Crippen LogP contribution in [-0.4, -0.2) is 45.9 Å². The van der Waals surface area contributed by atoms with Crippen molar-refractivity contribution in [3.63, 3.8) is 0 Å². The number of anilines is 1. The summed E-state index contributed by atoms with van der Waals surface area (Å²) in [6, 6.07) is 12.2. The van der Waals surface area contributed by atoms with Crippen LogP contribution in [0.1, 0.15) is 11.1 Å². The highest BCUT2D eigenvalue weighted by Crippen LogP contribution is 2.50. The molecule has 1 amide bonds. The molecule has 0 radical (unpaired) electrons. The molecule has 1 unspecified atom stereocenters. The fourth-order valence-electron chi connectivity index (χ4n) is 4.49. The highest BCUT2D eigenvalue weighted by molar-refractivity contribution is 7.92. The molecule has 0 aromatic heterocycles. The van der Waals surface area contributed by atoms with Crippen LogP contribution in [0.2, 0.25) is 0 Å². The van der Waals surface area contributed by atoms with Gasteiger partial charge >= 0.3 is 10.2 Å². The Bertz CT molecular complexity index is 1230. The van der Waals surface area contributed by atoms with E-state index in [1.165, 1.54) is 12.1 Å². The summed E-state index contributed by atoms with van der Waals surface area (Å²) in [5, 5.41) is 0. The fourth-order valence-corrected chi connectivity index (χ4v) is 5.65. The lowest BCUT2D eigenvalue weighted by molar-refractivity contribution is -0.117. The Morgan fingerprint density at radius 1 is 1.16 bits per heavy atom. The number of hydrogen-bond donors (Lipinski definition) is 1. The van der Waals surface area contributed by atoms with Gasteiger partial charge in [0.2, 0.25) is 0 Å². The minimum atomic E-state index is -4.21. The Morgan fingerprint density at radius 2 is 1.88 bits per heavy atom. The van der Waals surface area contributed by atoms with Crippen LogP contribution in [0.4, 0.5) is 10.1 Å². The summed E-state index contributed by atoms with van der Waals surface area (Å²) in [5.74, 6) is 5.81. The van der Waals surface area contributed by atoms with Gasteiger partial charge in [-0.25, -0.2) is 13.4 Å². The van der Waals surface area contributed by atoms with Gasteiger partial charge in [-0.1, -0.05) is 42.2 Å². The third kappa shape index (κ3) is 3.80. The molecule has 3 fully saturated rings. The van der Waals surface area contributed by atoms with Crippen molar-refractivity contribution in [1.82, 2.24) is 9.62 Å². The number of halogens is 1. The monoisotopic (exact) mass is 455 g/mol. The number of carbonyl (C=O) groups is 1. The molecule has 2 heterocycles. The molecule has 7 nitrogen and oxygen atoms in total. The van der Waals surface area contributed by atoms with Crippen molar-refractivity contribution in [2.24, 2.45) is 17.8 Å². The Balaban J connectivity index is 1.47. The zero-order chi connectivity index (χ0) is 22.5. The Kier molecular flexibility index (Phi) is 5.07. The van der Waals surface area contributed by atoms with E-state index in [2.05, 4.69) is 23.8 Å². The van der Waals surface area contributed by atoms with Crippen molar-refractivity contribution < 1.29 is 22.3 Å². The summed E-state index contributed by atoms with van der Waals surface area (Å²) in [6.07, 6.45) is 0. The van der Waals surface area contributed by atoms with E-state index in [-0.39, 0.29) is 29.5 Å². The predicted octanol–water partition coefficient (Wildman–Crippen LogP) is 1.74. The largest absolute Gasteiger partial charge is 0.487 e. The minimum absolute atomic E-state index is 0.0295. The third-order valence-electron chi connectivity index (χ3n) is 6.14. The predicted molar refractivity (Wildman–Crippen MR) is 116 cm³/mol. The molecule has 2 aliphatic heterocycles. The number of piperidine rings is 1. The number of fused-ring (bicyclic) bond motifs is 1. The van der Waals surface area contributed by atoms with E-state index in [9.17, 15) is 13.2 Å². The zero-order valence-corrected chi connectivity index (χ0v) is 18.2. The van der Waals surface area contributed by atoms with Gasteiger partial charge in [-0.2, -0.15) is 8.42 Å². The number of likely N-dealkylation sites (tertiary alicyclic amines) is 1. The number of amides is 1. The molecule has 5 rings (SSSR count). The van der Waals surface area contributed by atoms with E-state index in [1.54, 1.807) is 0 Å². The maximum atomic E-state index is 15.6. The standard InChI is InChI=1S/C23H22FN3O4S/c1-26-11-18-17(19(18)12-26)9-7-16-8-10-20(31-14-15-5-3-2-4-6-15)23(22(16)24)27-13-21(28)25-32(27,29)30/h2-6,8,10,17-19H,11-14H2,1H3,(H,25,28)/t17?,18-,19+. The van der Waals surface area contributed by atoms with Crippen molar-refractivity contribution in [2.75, 3.05) is 31.0 Å². The van der Waals surface area contributed by atoms with Gasteiger partial charge in [-0.05, 0) is 36.6 Å². The normalized spacial score (nSPS) is 25.6. The minimum Gasteiger partial charge on any atom is -0.487 e. The van der Waals surface area contributed by atoms with Crippen molar-refractivity contribution in [1.29, 1.82) is 0 Å². The zero-order valence-electron chi connectivity index (χ0n) is 17.4. The van der Waals surface area contributed by atoms with E-state index in [1.807, 2.05) is 35.1 Å². The fraction of sp³-hybridized carbons (Fsp3) is 0.348. The summed E-state index contributed by atoms with van der Waals surface area (Å²) in [4.78, 5) is 14.0. The molecule has 1 saturated carbocycles. The molecule has 166 valence electrons. The molecule has 32 heavy (non-hydrogen) atoms. The highest BCUT2D eigenvalue weighted by atomic mass is 32.2. The van der Waals surface area contributed by atoms with E-state index >= 15 is 4.39 Å². The Hall–Kier alpha value is -3.09. The smallest absolute Gasteiger partial charge is 0.326 e. The van der Waals surface area contributed by atoms with Crippen LogP contribution in [0.5, 0.6) is 5.75 Å². The Labute approximate surface area is 186 Å². The lowest BCUT2D eigenvalue weighted by atomic mass is 10.1. The number of ether oxygens (including phenoxy) is 1. The molecule has 2 saturated heterocycles. The molecule has 0 bridgehead atoms. The van der Waals surface area contributed by atoms with Gasteiger partial charge < -0.3 is 9.64 Å². The topological polar surface area (TPSA) is 79.0 Å². The van der Waals surface area contributed by atoms with Gasteiger partial charge in [-0.3, -0.25) is 4.79 Å². The maximum absolute atomic E-state index is 15.6. The summed E-state index contributed by atoms with van der Waals surface area (Å²) in [6.45, 7) is 1.58. The van der Waals surface area contributed by atoms with Gasteiger partial charge in [0.05, 0.1) is 5.56 Å². The average Bonchev–Trinajstić information content (AvgIpc) is 3.07. The second kappa shape index (κ2) is 7.80. The van der Waals surface area contributed by atoms with Gasteiger partial charge in [0, 0.05) is 19.0 Å². The Morgan fingerprint density at radius 3 is 2.53 bits per heavy atom. The lowest BCUT2D eigenvalue weighted by Gasteiger charge is -2.20. The first-order valence-electron chi connectivity index (χ1n) is 10.4.